The minimum absolute atomic E-state index is 0.105. The third-order valence-corrected chi connectivity index (χ3v) is 5.80. The Bertz CT molecular complexity index is 507. The molecule has 136 valence electrons. The van der Waals surface area contributed by atoms with Gasteiger partial charge in [0, 0.05) is 0 Å². The third kappa shape index (κ3) is 5.24. The highest BCUT2D eigenvalue weighted by Crippen LogP contribution is 2.40. The van der Waals surface area contributed by atoms with Gasteiger partial charge in [0.15, 0.2) is 0 Å². The SMILES string of the molecule is CCCCCCCC(C)(C)c1ccc([C@@H]2CCC[C@@H](O)C2)c(O)c1. The van der Waals surface area contributed by atoms with Gasteiger partial charge in [0.25, 0.3) is 0 Å². The third-order valence-electron chi connectivity index (χ3n) is 5.80. The van der Waals surface area contributed by atoms with Gasteiger partial charge in [-0.25, -0.2) is 0 Å². The molecule has 0 aromatic heterocycles. The number of unbranched alkanes of at least 4 members (excludes halogenated alkanes) is 4. The van der Waals surface area contributed by atoms with Crippen LogP contribution in [0.4, 0.5) is 0 Å². The van der Waals surface area contributed by atoms with E-state index in [0.717, 1.165) is 37.7 Å². The molecule has 0 spiro atoms. The summed E-state index contributed by atoms with van der Waals surface area (Å²) in [5.74, 6) is 0.727. The van der Waals surface area contributed by atoms with Crippen molar-refractivity contribution in [3.05, 3.63) is 29.3 Å². The molecule has 1 saturated carbocycles. The van der Waals surface area contributed by atoms with Gasteiger partial charge in [-0.1, -0.05) is 71.4 Å². The van der Waals surface area contributed by atoms with E-state index >= 15 is 0 Å². The predicted molar refractivity (Wildman–Crippen MR) is 102 cm³/mol. The Hall–Kier alpha value is -1.02. The maximum absolute atomic E-state index is 10.6. The summed E-state index contributed by atoms with van der Waals surface area (Å²) in [5, 5.41) is 20.4. The second-order valence-electron chi connectivity index (χ2n) is 8.34. The molecular formula is C22H36O2. The van der Waals surface area contributed by atoms with Crippen molar-refractivity contribution < 1.29 is 10.2 Å². The lowest BCUT2D eigenvalue weighted by molar-refractivity contribution is 0.119. The summed E-state index contributed by atoms with van der Waals surface area (Å²) in [4.78, 5) is 0. The van der Waals surface area contributed by atoms with Crippen LogP contribution in [0.3, 0.4) is 0 Å². The standard InChI is InChI=1S/C22H36O2/c1-4-5-6-7-8-14-22(2,3)18-12-13-20(21(24)16-18)17-10-9-11-19(23)15-17/h12-13,16-17,19,23-24H,4-11,14-15H2,1-3H3/t17-,19-/m1/s1. The molecule has 2 N–H and O–H groups in total. The van der Waals surface area contributed by atoms with E-state index in [-0.39, 0.29) is 11.5 Å². The van der Waals surface area contributed by atoms with Crippen LogP contribution in [0, 0.1) is 0 Å². The molecule has 0 unspecified atom stereocenters. The Balaban J connectivity index is 1.99. The van der Waals surface area contributed by atoms with Gasteiger partial charge in [0.2, 0.25) is 0 Å². The predicted octanol–water partition coefficient (Wildman–Crippen LogP) is 6.05. The van der Waals surface area contributed by atoms with E-state index in [1.165, 1.54) is 37.7 Å². The van der Waals surface area contributed by atoms with Crippen LogP contribution in [0.25, 0.3) is 0 Å². The van der Waals surface area contributed by atoms with E-state index in [2.05, 4.69) is 32.9 Å². The van der Waals surface area contributed by atoms with Gasteiger partial charge >= 0.3 is 0 Å². The summed E-state index contributed by atoms with van der Waals surface area (Å²) < 4.78 is 0. The summed E-state index contributed by atoms with van der Waals surface area (Å²) in [7, 11) is 0. The average molecular weight is 333 g/mol. The average Bonchev–Trinajstić information content (AvgIpc) is 2.54. The first-order valence-electron chi connectivity index (χ1n) is 9.95. The molecule has 0 bridgehead atoms. The molecule has 1 fully saturated rings. The number of aromatic hydroxyl groups is 1. The summed E-state index contributed by atoms with van der Waals surface area (Å²) in [6.07, 6.45) is 11.3. The van der Waals surface area contributed by atoms with E-state index < -0.39 is 0 Å². The molecule has 0 radical (unpaired) electrons. The highest BCUT2D eigenvalue weighted by Gasteiger charge is 2.26. The number of rotatable bonds is 8. The molecule has 0 heterocycles. The van der Waals surface area contributed by atoms with E-state index in [0.29, 0.717) is 11.7 Å². The lowest BCUT2D eigenvalue weighted by atomic mass is 9.77. The van der Waals surface area contributed by atoms with Crippen LogP contribution in [0.15, 0.2) is 18.2 Å². The van der Waals surface area contributed by atoms with Crippen molar-refractivity contribution in [2.75, 3.05) is 0 Å². The molecule has 0 aliphatic heterocycles. The Morgan fingerprint density at radius 1 is 1.08 bits per heavy atom. The van der Waals surface area contributed by atoms with Gasteiger partial charge in [-0.3, -0.25) is 0 Å². The smallest absolute Gasteiger partial charge is 0.119 e. The Morgan fingerprint density at radius 3 is 2.50 bits per heavy atom. The molecule has 1 aliphatic carbocycles. The lowest BCUT2D eigenvalue weighted by Gasteiger charge is -2.29. The Morgan fingerprint density at radius 2 is 1.83 bits per heavy atom. The molecule has 1 aliphatic rings. The summed E-state index contributed by atoms with van der Waals surface area (Å²) in [5.41, 5.74) is 2.36. The molecule has 0 amide bonds. The van der Waals surface area contributed by atoms with Crippen molar-refractivity contribution >= 4 is 0 Å². The quantitative estimate of drug-likeness (QED) is 0.569. The highest BCUT2D eigenvalue weighted by atomic mass is 16.3. The fourth-order valence-electron chi connectivity index (χ4n) is 4.07. The summed E-state index contributed by atoms with van der Waals surface area (Å²) in [6.45, 7) is 6.82. The normalized spacial score (nSPS) is 21.8. The number of hydrogen-bond donors (Lipinski definition) is 2. The molecule has 2 nitrogen and oxygen atoms in total. The molecule has 1 aromatic carbocycles. The lowest BCUT2D eigenvalue weighted by Crippen LogP contribution is -2.19. The van der Waals surface area contributed by atoms with Crippen LogP contribution in [0.5, 0.6) is 5.75 Å². The minimum atomic E-state index is -0.206. The molecule has 2 atom stereocenters. The van der Waals surface area contributed by atoms with Crippen molar-refractivity contribution in [3.63, 3.8) is 0 Å². The molecule has 2 rings (SSSR count). The van der Waals surface area contributed by atoms with Gasteiger partial charge in [-0.05, 0) is 54.2 Å². The fraction of sp³-hybridized carbons (Fsp3) is 0.727. The molecule has 1 aromatic rings. The fourth-order valence-corrected chi connectivity index (χ4v) is 4.07. The van der Waals surface area contributed by atoms with Crippen LogP contribution in [-0.4, -0.2) is 16.3 Å². The van der Waals surface area contributed by atoms with Gasteiger partial charge in [0.1, 0.15) is 5.75 Å². The summed E-state index contributed by atoms with van der Waals surface area (Å²) >= 11 is 0. The second kappa shape index (κ2) is 8.89. The van der Waals surface area contributed by atoms with E-state index in [4.69, 9.17) is 0 Å². The van der Waals surface area contributed by atoms with Gasteiger partial charge in [0.05, 0.1) is 6.10 Å². The van der Waals surface area contributed by atoms with Gasteiger partial charge in [-0.15, -0.1) is 0 Å². The number of aliphatic hydroxyl groups excluding tert-OH is 1. The van der Waals surface area contributed by atoms with Crippen LogP contribution in [0.1, 0.15) is 102 Å². The molecular weight excluding hydrogens is 296 g/mol. The first kappa shape index (κ1) is 19.3. The second-order valence-corrected chi connectivity index (χ2v) is 8.34. The number of phenols is 1. The maximum atomic E-state index is 10.6. The van der Waals surface area contributed by atoms with E-state index in [9.17, 15) is 10.2 Å². The van der Waals surface area contributed by atoms with Crippen molar-refractivity contribution in [1.29, 1.82) is 0 Å². The van der Waals surface area contributed by atoms with E-state index in [1.54, 1.807) is 0 Å². The Labute approximate surface area is 148 Å². The number of aliphatic hydroxyl groups is 1. The zero-order chi connectivity index (χ0) is 17.6. The topological polar surface area (TPSA) is 40.5 Å². The summed E-state index contributed by atoms with van der Waals surface area (Å²) in [6, 6.07) is 6.27. The minimum Gasteiger partial charge on any atom is -0.508 e. The van der Waals surface area contributed by atoms with Gasteiger partial charge in [-0.2, -0.15) is 0 Å². The van der Waals surface area contributed by atoms with Crippen LogP contribution in [0.2, 0.25) is 0 Å². The molecule has 2 heteroatoms. The Kier molecular flexibility index (Phi) is 7.16. The number of benzene rings is 1. The van der Waals surface area contributed by atoms with Crippen LogP contribution < -0.4 is 0 Å². The van der Waals surface area contributed by atoms with Crippen molar-refractivity contribution in [2.24, 2.45) is 0 Å². The monoisotopic (exact) mass is 332 g/mol. The zero-order valence-electron chi connectivity index (χ0n) is 15.9. The molecule has 24 heavy (non-hydrogen) atoms. The van der Waals surface area contributed by atoms with Crippen molar-refractivity contribution in [1.82, 2.24) is 0 Å². The first-order valence-corrected chi connectivity index (χ1v) is 9.95. The van der Waals surface area contributed by atoms with Gasteiger partial charge < -0.3 is 10.2 Å². The molecule has 0 saturated heterocycles. The van der Waals surface area contributed by atoms with Crippen molar-refractivity contribution in [2.45, 2.75) is 102 Å². The highest BCUT2D eigenvalue weighted by molar-refractivity contribution is 5.41. The maximum Gasteiger partial charge on any atom is 0.119 e. The number of phenolic OH excluding ortho intramolecular Hbond substituents is 1. The van der Waals surface area contributed by atoms with Crippen LogP contribution in [-0.2, 0) is 5.41 Å². The van der Waals surface area contributed by atoms with Crippen LogP contribution >= 0.6 is 0 Å². The largest absolute Gasteiger partial charge is 0.508 e. The zero-order valence-corrected chi connectivity index (χ0v) is 15.9. The van der Waals surface area contributed by atoms with Crippen molar-refractivity contribution in [3.8, 4) is 5.75 Å². The van der Waals surface area contributed by atoms with E-state index in [1.807, 2.05) is 6.07 Å². The first-order chi connectivity index (χ1) is 11.4. The number of hydrogen-bond acceptors (Lipinski definition) is 2.